The zero-order valence-corrected chi connectivity index (χ0v) is 20.7. The van der Waals surface area contributed by atoms with Crippen LogP contribution in [0.4, 0.5) is 5.69 Å². The van der Waals surface area contributed by atoms with E-state index in [1.165, 1.54) is 0 Å². The monoisotopic (exact) mass is 461 g/mol. The van der Waals surface area contributed by atoms with Gasteiger partial charge in [-0.05, 0) is 88.5 Å². The molecule has 0 aliphatic carbocycles. The third-order valence-electron chi connectivity index (χ3n) is 6.53. The van der Waals surface area contributed by atoms with E-state index < -0.39 is 0 Å². The summed E-state index contributed by atoms with van der Waals surface area (Å²) in [5, 5.41) is 3.16. The summed E-state index contributed by atoms with van der Waals surface area (Å²) in [6.07, 6.45) is 2.68. The lowest BCUT2D eigenvalue weighted by Gasteiger charge is -2.31. The van der Waals surface area contributed by atoms with Crippen LogP contribution in [0.2, 0.25) is 0 Å². The summed E-state index contributed by atoms with van der Waals surface area (Å²) in [4.78, 5) is 20.0. The maximum atomic E-state index is 12.9. The highest BCUT2D eigenvalue weighted by molar-refractivity contribution is 5.94. The SMILES string of the molecule is CCCOc1ccc(-c2nc(CN3CCC(C(=O)Nc4c(C)cccc4C)CC3)c(C)o2)cc1. The molecule has 2 heterocycles. The molecule has 1 fully saturated rings. The van der Waals surface area contributed by atoms with Crippen molar-refractivity contribution in [2.45, 2.75) is 53.5 Å². The summed E-state index contributed by atoms with van der Waals surface area (Å²) in [6.45, 7) is 11.3. The second-order valence-corrected chi connectivity index (χ2v) is 9.20. The zero-order chi connectivity index (χ0) is 24.1. The first-order valence-electron chi connectivity index (χ1n) is 12.2. The van der Waals surface area contributed by atoms with Crippen LogP contribution in [0.5, 0.6) is 5.75 Å². The number of benzene rings is 2. The van der Waals surface area contributed by atoms with Crippen LogP contribution in [0.1, 0.15) is 48.8 Å². The number of para-hydroxylation sites is 1. The maximum Gasteiger partial charge on any atom is 0.227 e. The number of carbonyl (C=O) groups is 1. The number of hydrogen-bond acceptors (Lipinski definition) is 5. The number of piperidine rings is 1. The molecule has 1 aromatic heterocycles. The van der Waals surface area contributed by atoms with Gasteiger partial charge in [0, 0.05) is 23.7 Å². The molecular formula is C28H35N3O3. The second kappa shape index (κ2) is 10.9. The molecule has 1 N–H and O–H groups in total. The van der Waals surface area contributed by atoms with Gasteiger partial charge in [0.1, 0.15) is 11.5 Å². The van der Waals surface area contributed by atoms with Gasteiger partial charge < -0.3 is 14.5 Å². The predicted octanol–water partition coefficient (Wildman–Crippen LogP) is 5.91. The van der Waals surface area contributed by atoms with Crippen LogP contribution in [-0.2, 0) is 11.3 Å². The van der Waals surface area contributed by atoms with Gasteiger partial charge in [-0.25, -0.2) is 4.98 Å². The van der Waals surface area contributed by atoms with Gasteiger partial charge in [-0.3, -0.25) is 9.69 Å². The number of hydrogen-bond donors (Lipinski definition) is 1. The Balaban J connectivity index is 1.32. The summed E-state index contributed by atoms with van der Waals surface area (Å²) in [5.41, 5.74) is 5.06. The molecule has 0 bridgehead atoms. The number of ether oxygens (including phenoxy) is 1. The minimum Gasteiger partial charge on any atom is -0.494 e. The molecular weight excluding hydrogens is 426 g/mol. The second-order valence-electron chi connectivity index (χ2n) is 9.20. The number of nitrogens with one attached hydrogen (secondary N) is 1. The molecule has 0 unspecified atom stereocenters. The third kappa shape index (κ3) is 5.68. The zero-order valence-electron chi connectivity index (χ0n) is 20.7. The van der Waals surface area contributed by atoms with Gasteiger partial charge in [-0.2, -0.15) is 0 Å². The third-order valence-corrected chi connectivity index (χ3v) is 6.53. The Morgan fingerprint density at radius 2 is 1.76 bits per heavy atom. The van der Waals surface area contributed by atoms with Crippen molar-refractivity contribution in [3.63, 3.8) is 0 Å². The number of oxazole rings is 1. The van der Waals surface area contributed by atoms with Crippen molar-refractivity contribution in [3.05, 3.63) is 65.0 Å². The predicted molar refractivity (Wildman–Crippen MR) is 135 cm³/mol. The molecule has 0 spiro atoms. The van der Waals surface area contributed by atoms with Crippen LogP contribution in [0, 0.1) is 26.7 Å². The summed E-state index contributed by atoms with van der Waals surface area (Å²) < 4.78 is 11.6. The smallest absolute Gasteiger partial charge is 0.227 e. The molecule has 0 saturated carbocycles. The number of anilines is 1. The van der Waals surface area contributed by atoms with Gasteiger partial charge >= 0.3 is 0 Å². The van der Waals surface area contributed by atoms with Crippen molar-refractivity contribution in [2.24, 2.45) is 5.92 Å². The van der Waals surface area contributed by atoms with Crippen LogP contribution >= 0.6 is 0 Å². The molecule has 3 aromatic rings. The van der Waals surface area contributed by atoms with Crippen molar-refractivity contribution in [2.75, 3.05) is 25.0 Å². The fourth-order valence-corrected chi connectivity index (χ4v) is 4.41. The lowest BCUT2D eigenvalue weighted by atomic mass is 9.95. The Kier molecular flexibility index (Phi) is 7.68. The van der Waals surface area contributed by atoms with Crippen molar-refractivity contribution >= 4 is 11.6 Å². The Labute approximate surface area is 202 Å². The summed E-state index contributed by atoms with van der Waals surface area (Å²) in [6, 6.07) is 14.0. The molecule has 1 amide bonds. The Hall–Kier alpha value is -3.12. The number of aromatic nitrogens is 1. The molecule has 2 aromatic carbocycles. The topological polar surface area (TPSA) is 67.6 Å². The molecule has 180 valence electrons. The average Bonchev–Trinajstić information content (AvgIpc) is 3.21. The van der Waals surface area contributed by atoms with Crippen molar-refractivity contribution in [1.82, 2.24) is 9.88 Å². The van der Waals surface area contributed by atoms with E-state index in [2.05, 4.69) is 17.1 Å². The number of amides is 1. The fraction of sp³-hybridized carbons (Fsp3) is 0.429. The van der Waals surface area contributed by atoms with Crippen LogP contribution in [0.25, 0.3) is 11.5 Å². The maximum absolute atomic E-state index is 12.9. The number of likely N-dealkylation sites (tertiary alicyclic amines) is 1. The van der Waals surface area contributed by atoms with E-state index >= 15 is 0 Å². The summed E-state index contributed by atoms with van der Waals surface area (Å²) >= 11 is 0. The van der Waals surface area contributed by atoms with E-state index in [-0.39, 0.29) is 11.8 Å². The highest BCUT2D eigenvalue weighted by atomic mass is 16.5. The van der Waals surface area contributed by atoms with E-state index in [4.69, 9.17) is 14.1 Å². The van der Waals surface area contributed by atoms with Gasteiger partial charge in [-0.15, -0.1) is 0 Å². The lowest BCUT2D eigenvalue weighted by molar-refractivity contribution is -0.121. The first kappa shape index (κ1) is 24.0. The van der Waals surface area contributed by atoms with Gasteiger partial charge in [0.05, 0.1) is 12.3 Å². The lowest BCUT2D eigenvalue weighted by Crippen LogP contribution is -2.38. The average molecular weight is 462 g/mol. The standard InChI is InChI=1S/C28H35N3O3/c1-5-17-33-24-11-9-23(10-12-24)28-29-25(21(4)34-28)18-31-15-13-22(14-16-31)27(32)30-26-19(2)7-6-8-20(26)3/h6-12,22H,5,13-18H2,1-4H3,(H,30,32). The summed E-state index contributed by atoms with van der Waals surface area (Å²) in [5.74, 6) is 2.51. The van der Waals surface area contributed by atoms with Gasteiger partial charge in [0.2, 0.25) is 11.8 Å². The van der Waals surface area contributed by atoms with Crippen LogP contribution in [-0.4, -0.2) is 35.5 Å². The Morgan fingerprint density at radius 1 is 1.09 bits per heavy atom. The molecule has 6 nitrogen and oxygen atoms in total. The fourth-order valence-electron chi connectivity index (χ4n) is 4.41. The Morgan fingerprint density at radius 3 is 2.41 bits per heavy atom. The molecule has 4 rings (SSSR count). The van der Waals surface area contributed by atoms with Gasteiger partial charge in [-0.1, -0.05) is 25.1 Å². The first-order valence-corrected chi connectivity index (χ1v) is 12.2. The van der Waals surface area contributed by atoms with E-state index in [1.807, 2.05) is 63.2 Å². The van der Waals surface area contributed by atoms with E-state index in [0.29, 0.717) is 12.5 Å². The number of rotatable bonds is 8. The van der Waals surface area contributed by atoms with Crippen molar-refractivity contribution < 1.29 is 13.9 Å². The molecule has 1 saturated heterocycles. The molecule has 1 aliphatic heterocycles. The van der Waals surface area contributed by atoms with Crippen LogP contribution < -0.4 is 10.1 Å². The van der Waals surface area contributed by atoms with Crippen molar-refractivity contribution in [1.29, 1.82) is 0 Å². The van der Waals surface area contributed by atoms with Crippen LogP contribution in [0.15, 0.2) is 46.9 Å². The normalized spacial score (nSPS) is 14.8. The molecule has 0 radical (unpaired) electrons. The van der Waals surface area contributed by atoms with Gasteiger partial charge in [0.15, 0.2) is 0 Å². The van der Waals surface area contributed by atoms with Crippen LogP contribution in [0.3, 0.4) is 0 Å². The van der Waals surface area contributed by atoms with E-state index in [9.17, 15) is 4.79 Å². The highest BCUT2D eigenvalue weighted by Crippen LogP contribution is 2.27. The largest absolute Gasteiger partial charge is 0.494 e. The van der Waals surface area contributed by atoms with Crippen molar-refractivity contribution in [3.8, 4) is 17.2 Å². The minimum absolute atomic E-state index is 0.0395. The number of nitrogens with zero attached hydrogens (tertiary/aromatic N) is 2. The first-order chi connectivity index (χ1) is 16.4. The van der Waals surface area contributed by atoms with E-state index in [0.717, 1.165) is 78.5 Å². The molecule has 0 atom stereocenters. The summed E-state index contributed by atoms with van der Waals surface area (Å²) in [7, 11) is 0. The highest BCUT2D eigenvalue weighted by Gasteiger charge is 2.26. The molecule has 34 heavy (non-hydrogen) atoms. The minimum atomic E-state index is 0.0395. The number of aryl methyl sites for hydroxylation is 3. The van der Waals surface area contributed by atoms with E-state index in [1.54, 1.807) is 0 Å². The molecule has 6 heteroatoms. The van der Waals surface area contributed by atoms with Gasteiger partial charge in [0.25, 0.3) is 0 Å². The number of carbonyl (C=O) groups excluding carboxylic acids is 1. The molecule has 1 aliphatic rings. The quantitative estimate of drug-likeness (QED) is 0.452. The Bertz CT molecular complexity index is 1090.